The van der Waals surface area contributed by atoms with Gasteiger partial charge in [0.15, 0.2) is 0 Å². The monoisotopic (exact) mass is 317 g/mol. The van der Waals surface area contributed by atoms with Gasteiger partial charge in [-0.15, -0.1) is 0 Å². The summed E-state index contributed by atoms with van der Waals surface area (Å²) in [5.74, 6) is 0.475. The lowest BCUT2D eigenvalue weighted by atomic mass is 10.0. The fourth-order valence-corrected chi connectivity index (χ4v) is 2.94. The van der Waals surface area contributed by atoms with Gasteiger partial charge in [-0.1, -0.05) is 32.0 Å². The highest BCUT2D eigenvalue weighted by molar-refractivity contribution is 5.95. The molecule has 0 saturated carbocycles. The molecule has 1 heterocycles. The molecule has 2 rings (SSSR count). The van der Waals surface area contributed by atoms with Crippen molar-refractivity contribution in [2.24, 2.45) is 0 Å². The van der Waals surface area contributed by atoms with Crippen LogP contribution in [0.25, 0.3) is 0 Å². The number of piperazine rings is 1. The Morgan fingerprint density at radius 1 is 1.04 bits per heavy atom. The Hall–Kier alpha value is -1.88. The first kappa shape index (κ1) is 17.5. The molecule has 1 saturated heterocycles. The Kier molecular flexibility index (Phi) is 5.77. The topological polar surface area (TPSA) is 52.7 Å². The minimum Gasteiger partial charge on any atom is -0.340 e. The van der Waals surface area contributed by atoms with Gasteiger partial charge in [0.25, 0.3) is 0 Å². The molecule has 0 radical (unpaired) electrons. The van der Waals surface area contributed by atoms with Crippen molar-refractivity contribution in [3.8, 4) is 0 Å². The molecule has 1 fully saturated rings. The maximum atomic E-state index is 12.6. The van der Waals surface area contributed by atoms with Crippen LogP contribution >= 0.6 is 0 Å². The van der Waals surface area contributed by atoms with Gasteiger partial charge in [-0.3, -0.25) is 14.5 Å². The van der Waals surface area contributed by atoms with E-state index in [0.717, 1.165) is 24.3 Å². The minimum absolute atomic E-state index is 0.00868. The van der Waals surface area contributed by atoms with Gasteiger partial charge in [0.2, 0.25) is 11.8 Å². The summed E-state index contributed by atoms with van der Waals surface area (Å²) in [6.45, 7) is 10.6. The molecule has 0 bridgehead atoms. The number of carbonyl (C=O) groups excluding carboxylic acids is 2. The molecule has 1 aliphatic rings. The molecular formula is C18H27N3O2. The van der Waals surface area contributed by atoms with Crippen molar-refractivity contribution < 1.29 is 9.59 Å². The van der Waals surface area contributed by atoms with Gasteiger partial charge in [0.05, 0.1) is 6.04 Å². The van der Waals surface area contributed by atoms with Crippen molar-refractivity contribution in [2.45, 2.75) is 39.7 Å². The quantitative estimate of drug-likeness (QED) is 0.927. The van der Waals surface area contributed by atoms with E-state index in [4.69, 9.17) is 0 Å². The first-order valence-corrected chi connectivity index (χ1v) is 8.29. The number of hydrogen-bond donors (Lipinski definition) is 1. The second-order valence-electron chi connectivity index (χ2n) is 6.45. The van der Waals surface area contributed by atoms with Gasteiger partial charge < -0.3 is 10.2 Å². The lowest BCUT2D eigenvalue weighted by Crippen LogP contribution is -2.53. The summed E-state index contributed by atoms with van der Waals surface area (Å²) >= 11 is 0. The summed E-state index contributed by atoms with van der Waals surface area (Å²) in [5, 5.41) is 3.06. The molecule has 1 atom stereocenters. The maximum absolute atomic E-state index is 12.6. The van der Waals surface area contributed by atoms with E-state index in [0.29, 0.717) is 19.0 Å². The van der Waals surface area contributed by atoms with Crippen LogP contribution < -0.4 is 5.32 Å². The number of rotatable bonds is 4. The van der Waals surface area contributed by atoms with E-state index in [1.807, 2.05) is 30.0 Å². The van der Waals surface area contributed by atoms with Crippen LogP contribution in [0.3, 0.4) is 0 Å². The molecule has 1 aromatic carbocycles. The molecule has 1 aliphatic heterocycles. The number of carbonyl (C=O) groups is 2. The number of nitrogens with one attached hydrogen (secondary N) is 1. The molecule has 2 amide bonds. The molecule has 1 N–H and O–H groups in total. The highest BCUT2D eigenvalue weighted by atomic mass is 16.2. The summed E-state index contributed by atoms with van der Waals surface area (Å²) in [7, 11) is 0. The van der Waals surface area contributed by atoms with Crippen molar-refractivity contribution >= 4 is 17.5 Å². The van der Waals surface area contributed by atoms with Crippen LogP contribution in [0.5, 0.6) is 0 Å². The summed E-state index contributed by atoms with van der Waals surface area (Å²) < 4.78 is 0. The lowest BCUT2D eigenvalue weighted by molar-refractivity contribution is -0.131. The zero-order valence-corrected chi connectivity index (χ0v) is 14.5. The largest absolute Gasteiger partial charge is 0.340 e. The van der Waals surface area contributed by atoms with Crippen molar-refractivity contribution in [3.63, 3.8) is 0 Å². The molecule has 5 heteroatoms. The summed E-state index contributed by atoms with van der Waals surface area (Å²) in [5.41, 5.74) is 2.04. The molecule has 23 heavy (non-hydrogen) atoms. The van der Waals surface area contributed by atoms with E-state index >= 15 is 0 Å². The summed E-state index contributed by atoms with van der Waals surface area (Å²) in [4.78, 5) is 27.9. The Balaban J connectivity index is 1.97. The SMILES string of the molecule is CC(=O)N1CCN([C@@H](C)C(=O)Nc2ccccc2C(C)C)CC1. The van der Waals surface area contributed by atoms with Gasteiger partial charge >= 0.3 is 0 Å². The number of benzene rings is 1. The highest BCUT2D eigenvalue weighted by Crippen LogP contribution is 2.24. The van der Waals surface area contributed by atoms with Gasteiger partial charge in [-0.2, -0.15) is 0 Å². The second kappa shape index (κ2) is 7.59. The van der Waals surface area contributed by atoms with Crippen LogP contribution in [0, 0.1) is 0 Å². The van der Waals surface area contributed by atoms with Gasteiger partial charge in [-0.25, -0.2) is 0 Å². The van der Waals surface area contributed by atoms with Gasteiger partial charge in [-0.05, 0) is 24.5 Å². The molecule has 0 aliphatic carbocycles. The average molecular weight is 317 g/mol. The smallest absolute Gasteiger partial charge is 0.241 e. The molecule has 5 nitrogen and oxygen atoms in total. The van der Waals surface area contributed by atoms with E-state index in [-0.39, 0.29) is 17.9 Å². The third-order valence-electron chi connectivity index (χ3n) is 4.53. The van der Waals surface area contributed by atoms with Crippen molar-refractivity contribution in [1.29, 1.82) is 0 Å². The predicted molar refractivity (Wildman–Crippen MR) is 92.4 cm³/mol. The molecule has 0 aromatic heterocycles. The number of para-hydroxylation sites is 1. The fraction of sp³-hybridized carbons (Fsp3) is 0.556. The lowest BCUT2D eigenvalue weighted by Gasteiger charge is -2.37. The van der Waals surface area contributed by atoms with E-state index in [1.165, 1.54) is 0 Å². The number of amides is 2. The maximum Gasteiger partial charge on any atom is 0.241 e. The summed E-state index contributed by atoms with van der Waals surface area (Å²) in [6.07, 6.45) is 0. The zero-order valence-electron chi connectivity index (χ0n) is 14.5. The van der Waals surface area contributed by atoms with Crippen molar-refractivity contribution in [2.75, 3.05) is 31.5 Å². The molecular weight excluding hydrogens is 290 g/mol. The van der Waals surface area contributed by atoms with E-state index in [1.54, 1.807) is 6.92 Å². The summed E-state index contributed by atoms with van der Waals surface area (Å²) in [6, 6.07) is 7.74. The first-order valence-electron chi connectivity index (χ1n) is 8.29. The molecule has 0 spiro atoms. The van der Waals surface area contributed by atoms with Crippen LogP contribution in [-0.4, -0.2) is 53.8 Å². The third kappa shape index (κ3) is 4.32. The molecule has 126 valence electrons. The fourth-order valence-electron chi connectivity index (χ4n) is 2.94. The Bertz CT molecular complexity index is 563. The zero-order chi connectivity index (χ0) is 17.0. The Morgan fingerprint density at radius 2 is 1.65 bits per heavy atom. The van der Waals surface area contributed by atoms with Crippen LogP contribution in [0.1, 0.15) is 39.2 Å². The van der Waals surface area contributed by atoms with Crippen LogP contribution in [0.15, 0.2) is 24.3 Å². The van der Waals surface area contributed by atoms with Crippen LogP contribution in [-0.2, 0) is 9.59 Å². The van der Waals surface area contributed by atoms with E-state index in [9.17, 15) is 9.59 Å². The van der Waals surface area contributed by atoms with Crippen LogP contribution in [0.2, 0.25) is 0 Å². The number of nitrogens with zero attached hydrogens (tertiary/aromatic N) is 2. The first-order chi connectivity index (χ1) is 10.9. The van der Waals surface area contributed by atoms with Gasteiger partial charge in [0.1, 0.15) is 0 Å². The van der Waals surface area contributed by atoms with E-state index in [2.05, 4.69) is 30.1 Å². The molecule has 0 unspecified atom stereocenters. The Labute approximate surface area is 138 Å². The third-order valence-corrected chi connectivity index (χ3v) is 4.53. The average Bonchev–Trinajstić information content (AvgIpc) is 2.54. The van der Waals surface area contributed by atoms with Crippen molar-refractivity contribution in [1.82, 2.24) is 9.80 Å². The number of anilines is 1. The molecule has 1 aromatic rings. The minimum atomic E-state index is -0.204. The number of hydrogen-bond acceptors (Lipinski definition) is 3. The van der Waals surface area contributed by atoms with E-state index < -0.39 is 0 Å². The second-order valence-corrected chi connectivity index (χ2v) is 6.45. The van der Waals surface area contributed by atoms with Crippen LogP contribution in [0.4, 0.5) is 5.69 Å². The highest BCUT2D eigenvalue weighted by Gasteiger charge is 2.26. The standard InChI is InChI=1S/C18H27N3O2/c1-13(2)16-7-5-6-8-17(16)19-18(23)14(3)20-9-11-21(12-10-20)15(4)22/h5-8,13-14H,9-12H2,1-4H3,(H,19,23)/t14-/m0/s1. The van der Waals surface area contributed by atoms with Gasteiger partial charge in [0, 0.05) is 38.8 Å². The Morgan fingerprint density at radius 3 is 2.22 bits per heavy atom. The predicted octanol–water partition coefficient (Wildman–Crippen LogP) is 2.30. The normalized spacial score (nSPS) is 17.2. The van der Waals surface area contributed by atoms with Crippen molar-refractivity contribution in [3.05, 3.63) is 29.8 Å².